The normalized spacial score (nSPS) is 17.6. The van der Waals surface area contributed by atoms with Gasteiger partial charge in [0.2, 0.25) is 0 Å². The van der Waals surface area contributed by atoms with Crippen LogP contribution in [0.1, 0.15) is 102 Å². The number of sulfone groups is 1. The first-order valence-electron chi connectivity index (χ1n) is 13.5. The first-order valence-corrected chi connectivity index (χ1v) is 15.1. The van der Waals surface area contributed by atoms with Gasteiger partial charge >= 0.3 is 5.97 Å². The van der Waals surface area contributed by atoms with E-state index in [-0.39, 0.29) is 28.7 Å². The Morgan fingerprint density at radius 2 is 1.64 bits per heavy atom. The Morgan fingerprint density at radius 3 is 2.17 bits per heavy atom. The quantitative estimate of drug-likeness (QED) is 0.261. The van der Waals surface area contributed by atoms with Crippen LogP contribution in [0.5, 0.6) is 0 Å². The van der Waals surface area contributed by atoms with Gasteiger partial charge in [-0.3, -0.25) is 4.79 Å². The minimum atomic E-state index is -3.21. The molecule has 6 nitrogen and oxygen atoms in total. The molecule has 1 aromatic carbocycles. The first-order chi connectivity index (χ1) is 17.3. The molecule has 3 atom stereocenters. The summed E-state index contributed by atoms with van der Waals surface area (Å²) in [6.07, 6.45) is 13.0. The molecule has 1 heterocycles. The van der Waals surface area contributed by atoms with Crippen LogP contribution in [-0.2, 0) is 14.6 Å². The Bertz CT molecular complexity index is 994. The molecule has 0 aliphatic heterocycles. The molecule has 0 bridgehead atoms. The fraction of sp³-hybridized carbons (Fsp3) is 0.586. The molecule has 1 aliphatic rings. The zero-order chi connectivity index (χ0) is 26.4. The van der Waals surface area contributed by atoms with Crippen molar-refractivity contribution in [2.75, 3.05) is 12.3 Å². The summed E-state index contributed by atoms with van der Waals surface area (Å²) in [6.45, 7) is 6.97. The van der Waals surface area contributed by atoms with Crippen LogP contribution < -0.4 is 5.32 Å². The topological polar surface area (TPSA) is 96.4 Å². The number of unbranched alkanes of at least 4 members (excludes halogenated alkanes) is 7. The first kappa shape index (κ1) is 30.0. The molecule has 3 rings (SSSR count). The number of pyridine rings is 1. The molecule has 36 heavy (non-hydrogen) atoms. The van der Waals surface area contributed by atoms with E-state index in [4.69, 9.17) is 5.11 Å². The van der Waals surface area contributed by atoms with Gasteiger partial charge in [-0.2, -0.15) is 0 Å². The largest absolute Gasteiger partial charge is 0.481 e. The lowest BCUT2D eigenvalue weighted by Crippen LogP contribution is -2.20. The second-order valence-corrected chi connectivity index (χ2v) is 11.9. The third kappa shape index (κ3) is 10.4. The number of nitrogens with one attached hydrogen (secondary N) is 1. The number of aliphatic carboxylic acids is 1. The average molecular weight is 517 g/mol. The zero-order valence-electron chi connectivity index (χ0n) is 22.2. The molecule has 0 unspecified atom stereocenters. The van der Waals surface area contributed by atoms with E-state index in [1.807, 2.05) is 36.4 Å². The van der Waals surface area contributed by atoms with Gasteiger partial charge in [0, 0.05) is 12.2 Å². The molecule has 0 spiro atoms. The maximum Gasteiger partial charge on any atom is 0.307 e. The van der Waals surface area contributed by atoms with E-state index in [1.165, 1.54) is 51.4 Å². The number of aromatic nitrogens is 1. The monoisotopic (exact) mass is 516 g/mol. The molecule has 1 aliphatic carbocycles. The predicted octanol–water partition coefficient (Wildman–Crippen LogP) is 6.54. The fourth-order valence-corrected chi connectivity index (χ4v) is 5.00. The Labute approximate surface area is 217 Å². The highest BCUT2D eigenvalue weighted by atomic mass is 32.2. The number of nitrogens with zero attached hydrogens (tertiary/aromatic N) is 1. The van der Waals surface area contributed by atoms with Crippen molar-refractivity contribution in [1.82, 2.24) is 10.3 Å². The minimum absolute atomic E-state index is 0.0889. The van der Waals surface area contributed by atoms with Crippen molar-refractivity contribution < 1.29 is 18.3 Å². The highest BCUT2D eigenvalue weighted by Gasteiger charge is 2.43. The van der Waals surface area contributed by atoms with Gasteiger partial charge in [-0.05, 0) is 49.4 Å². The molecule has 0 amide bonds. The van der Waals surface area contributed by atoms with Crippen molar-refractivity contribution in [1.29, 1.82) is 0 Å². The van der Waals surface area contributed by atoms with Gasteiger partial charge in [0.15, 0.2) is 14.9 Å². The molecule has 0 saturated heterocycles. The van der Waals surface area contributed by atoms with Crippen LogP contribution in [0.4, 0.5) is 0 Å². The Morgan fingerprint density at radius 1 is 1.00 bits per heavy atom. The molecule has 200 valence electrons. The van der Waals surface area contributed by atoms with Crippen molar-refractivity contribution in [2.45, 2.75) is 95.5 Å². The summed E-state index contributed by atoms with van der Waals surface area (Å²) in [4.78, 5) is 14.7. The van der Waals surface area contributed by atoms with E-state index in [0.717, 1.165) is 24.1 Å². The lowest BCUT2D eigenvalue weighted by molar-refractivity contribution is -0.138. The Hall–Kier alpha value is -2.25. The molecular weight excluding hydrogens is 472 g/mol. The molecule has 1 aromatic heterocycles. The minimum Gasteiger partial charge on any atom is -0.481 e. The molecule has 1 fully saturated rings. The van der Waals surface area contributed by atoms with Gasteiger partial charge in [0.25, 0.3) is 0 Å². The molecule has 7 heteroatoms. The number of benzene rings is 1. The zero-order valence-corrected chi connectivity index (χ0v) is 23.0. The van der Waals surface area contributed by atoms with Crippen LogP contribution in [0.2, 0.25) is 0 Å². The summed E-state index contributed by atoms with van der Waals surface area (Å²) >= 11 is 0. The predicted molar refractivity (Wildman–Crippen MR) is 146 cm³/mol. The molecule has 1 saturated carbocycles. The molecule has 2 N–H and O–H groups in total. The maximum atomic E-state index is 11.8. The van der Waals surface area contributed by atoms with Crippen LogP contribution >= 0.6 is 0 Å². The second kappa shape index (κ2) is 15.8. The van der Waals surface area contributed by atoms with Crippen LogP contribution in [0.3, 0.4) is 0 Å². The maximum absolute atomic E-state index is 11.8. The van der Waals surface area contributed by atoms with Crippen molar-refractivity contribution in [3.8, 4) is 0 Å². The number of rotatable bonds is 15. The van der Waals surface area contributed by atoms with Crippen LogP contribution in [0.25, 0.3) is 0 Å². The summed E-state index contributed by atoms with van der Waals surface area (Å²) in [5.74, 6) is -0.439. The van der Waals surface area contributed by atoms with Gasteiger partial charge in [0.1, 0.15) is 0 Å². The molecular formula is C29H44N2O4S. The summed E-state index contributed by atoms with van der Waals surface area (Å²) in [6, 6.07) is 13.5. The number of carbonyl (C=O) groups is 1. The van der Waals surface area contributed by atoms with Crippen molar-refractivity contribution in [3.05, 3.63) is 59.8 Å². The second-order valence-electron chi connectivity index (χ2n) is 9.68. The Kier molecular flexibility index (Phi) is 13.1. The van der Waals surface area contributed by atoms with E-state index in [0.29, 0.717) is 0 Å². The Balaban J connectivity index is 0.000000313. The summed E-state index contributed by atoms with van der Waals surface area (Å²) in [7, 11) is -3.21. The van der Waals surface area contributed by atoms with Crippen LogP contribution in [0.15, 0.2) is 53.7 Å². The fourth-order valence-electron chi connectivity index (χ4n) is 4.21. The van der Waals surface area contributed by atoms with Crippen molar-refractivity contribution in [2.24, 2.45) is 5.92 Å². The number of hydrogen-bond acceptors (Lipinski definition) is 5. The average Bonchev–Trinajstić information content (AvgIpc) is 3.70. The van der Waals surface area contributed by atoms with E-state index in [2.05, 4.69) is 24.1 Å². The van der Waals surface area contributed by atoms with E-state index in [1.54, 1.807) is 19.2 Å². The summed E-state index contributed by atoms with van der Waals surface area (Å²) in [5.41, 5.74) is 2.19. The standard InChI is InChI=1S/C19H34N2O2S.C10H10O2/c1-4-6-7-8-9-10-11-12-15-20-17(3)18-13-14-19(21-16-18)24(22,23)5-2;11-10(12)9-6-8(9)7-4-2-1-3-5-7/h13-14,16-17,20H,4-12,15H2,1-3H3;1-5,8-9H,6H2,(H,11,12)/t17-;8-,9+/m01/s1. The van der Waals surface area contributed by atoms with Gasteiger partial charge < -0.3 is 10.4 Å². The van der Waals surface area contributed by atoms with Crippen LogP contribution in [-0.4, -0.2) is 36.8 Å². The van der Waals surface area contributed by atoms with E-state index >= 15 is 0 Å². The summed E-state index contributed by atoms with van der Waals surface area (Å²) < 4.78 is 23.5. The third-order valence-electron chi connectivity index (χ3n) is 6.77. The lowest BCUT2D eigenvalue weighted by Gasteiger charge is -2.14. The number of carboxylic acid groups (broad SMARTS) is 1. The number of hydrogen-bond donors (Lipinski definition) is 2. The third-order valence-corrected chi connectivity index (χ3v) is 8.41. The van der Waals surface area contributed by atoms with E-state index in [9.17, 15) is 13.2 Å². The molecule has 2 aromatic rings. The highest BCUT2D eigenvalue weighted by molar-refractivity contribution is 7.91. The van der Waals surface area contributed by atoms with E-state index < -0.39 is 15.8 Å². The van der Waals surface area contributed by atoms with Crippen molar-refractivity contribution in [3.63, 3.8) is 0 Å². The van der Waals surface area contributed by atoms with Gasteiger partial charge in [-0.15, -0.1) is 0 Å². The van der Waals surface area contributed by atoms with Crippen LogP contribution in [0, 0.1) is 5.92 Å². The lowest BCUT2D eigenvalue weighted by atomic mass is 10.1. The van der Waals surface area contributed by atoms with Gasteiger partial charge in [-0.25, -0.2) is 13.4 Å². The van der Waals surface area contributed by atoms with Gasteiger partial charge in [-0.1, -0.05) is 95.2 Å². The van der Waals surface area contributed by atoms with Gasteiger partial charge in [0.05, 0.1) is 11.7 Å². The molecule has 0 radical (unpaired) electrons. The van der Waals surface area contributed by atoms with Crippen molar-refractivity contribution >= 4 is 15.8 Å². The SMILES string of the molecule is CCCCCCCCCCN[C@@H](C)c1ccc(S(=O)(=O)CC)nc1.O=C(O)[C@H]1C[C@@H]1c1ccccc1. The summed E-state index contributed by atoms with van der Waals surface area (Å²) in [5, 5.41) is 12.3. The number of carboxylic acids is 1. The highest BCUT2D eigenvalue weighted by Crippen LogP contribution is 2.47. The smallest absolute Gasteiger partial charge is 0.307 e.